The minimum Gasteiger partial charge on any atom is -0.350 e. The van der Waals surface area contributed by atoms with Gasteiger partial charge in [0.2, 0.25) is 10.0 Å². The zero-order valence-corrected chi connectivity index (χ0v) is 18.6. The van der Waals surface area contributed by atoms with E-state index in [-0.39, 0.29) is 21.7 Å². The van der Waals surface area contributed by atoms with Gasteiger partial charge in [0.1, 0.15) is 9.77 Å². The first kappa shape index (κ1) is 21.8. The van der Waals surface area contributed by atoms with Crippen molar-refractivity contribution in [1.82, 2.24) is 9.62 Å². The molecule has 2 amide bonds. The number of amides is 2. The van der Waals surface area contributed by atoms with Crippen LogP contribution in [0.4, 0.5) is 5.69 Å². The smallest absolute Gasteiger partial charge is 0.267 e. The van der Waals surface area contributed by atoms with Crippen LogP contribution in [-0.2, 0) is 10.0 Å². The monoisotopic (exact) mass is 453 g/mol. The summed E-state index contributed by atoms with van der Waals surface area (Å²) < 4.78 is 27.3. The number of nitrogens with zero attached hydrogens (tertiary/aromatic N) is 1. The highest BCUT2D eigenvalue weighted by atomic mass is 32.2. The van der Waals surface area contributed by atoms with Crippen molar-refractivity contribution >= 4 is 50.6 Å². The Bertz CT molecular complexity index is 978. The SMILES string of the molecule is CC(C)NC(=O)c1ccc(NC(=O)c2sccc2S(=O)(=O)N2CCSCC2)cc1. The quantitative estimate of drug-likeness (QED) is 0.701. The summed E-state index contributed by atoms with van der Waals surface area (Å²) in [4.78, 5) is 24.9. The summed E-state index contributed by atoms with van der Waals surface area (Å²) in [5.74, 6) is 0.831. The summed E-state index contributed by atoms with van der Waals surface area (Å²) in [6.45, 7) is 4.65. The third-order valence-corrected chi connectivity index (χ3v) is 8.17. The molecule has 1 aliphatic rings. The highest BCUT2D eigenvalue weighted by Gasteiger charge is 2.31. The molecule has 1 fully saturated rings. The number of nitrogens with one attached hydrogen (secondary N) is 2. The van der Waals surface area contributed by atoms with Gasteiger partial charge >= 0.3 is 0 Å². The van der Waals surface area contributed by atoms with Gasteiger partial charge in [-0.3, -0.25) is 9.59 Å². The Kier molecular flexibility index (Phi) is 6.99. The second-order valence-corrected chi connectivity index (χ2v) is 10.8. The molecule has 0 saturated carbocycles. The summed E-state index contributed by atoms with van der Waals surface area (Å²) >= 11 is 2.81. The maximum Gasteiger partial charge on any atom is 0.267 e. The number of hydrogen-bond donors (Lipinski definition) is 2. The van der Waals surface area contributed by atoms with Crippen molar-refractivity contribution in [2.24, 2.45) is 0 Å². The predicted octanol–water partition coefficient (Wildman–Crippen LogP) is 2.88. The van der Waals surface area contributed by atoms with Crippen LogP contribution < -0.4 is 10.6 Å². The van der Waals surface area contributed by atoms with Crippen molar-refractivity contribution in [2.75, 3.05) is 29.9 Å². The zero-order valence-electron chi connectivity index (χ0n) is 16.2. The molecule has 1 saturated heterocycles. The number of anilines is 1. The zero-order chi connectivity index (χ0) is 21.0. The van der Waals surface area contributed by atoms with E-state index in [0.717, 1.165) is 22.8 Å². The third kappa shape index (κ3) is 5.19. The summed E-state index contributed by atoms with van der Waals surface area (Å²) in [6, 6.07) is 7.98. The van der Waals surface area contributed by atoms with Gasteiger partial charge in [0.05, 0.1) is 0 Å². The molecule has 156 valence electrons. The average Bonchev–Trinajstić information content (AvgIpc) is 3.19. The van der Waals surface area contributed by atoms with Crippen molar-refractivity contribution in [3.63, 3.8) is 0 Å². The Labute approximate surface area is 178 Å². The van der Waals surface area contributed by atoms with Gasteiger partial charge in [-0.25, -0.2) is 8.42 Å². The number of carbonyl (C=O) groups excluding carboxylic acids is 2. The van der Waals surface area contributed by atoms with Gasteiger partial charge in [0, 0.05) is 41.9 Å². The van der Waals surface area contributed by atoms with Gasteiger partial charge in [0.25, 0.3) is 11.8 Å². The molecule has 10 heteroatoms. The van der Waals surface area contributed by atoms with Crippen LogP contribution in [0.25, 0.3) is 0 Å². The van der Waals surface area contributed by atoms with Crippen LogP contribution in [0.5, 0.6) is 0 Å². The van der Waals surface area contributed by atoms with Crippen LogP contribution in [0.15, 0.2) is 40.6 Å². The van der Waals surface area contributed by atoms with E-state index >= 15 is 0 Å². The standard InChI is InChI=1S/C19H23N3O4S3/c1-13(2)20-18(23)14-3-5-15(6-4-14)21-19(24)17-16(7-10-28-17)29(25,26)22-8-11-27-12-9-22/h3-7,10,13H,8-9,11-12H2,1-2H3,(H,20,23)(H,21,24). The van der Waals surface area contributed by atoms with Crippen LogP contribution in [-0.4, -0.2) is 55.2 Å². The molecule has 3 rings (SSSR count). The molecular formula is C19H23N3O4S3. The molecule has 29 heavy (non-hydrogen) atoms. The Morgan fingerprint density at radius 3 is 2.31 bits per heavy atom. The van der Waals surface area contributed by atoms with Crippen LogP contribution in [0, 0.1) is 0 Å². The minimum atomic E-state index is -3.70. The molecule has 2 heterocycles. The molecule has 0 unspecified atom stereocenters. The lowest BCUT2D eigenvalue weighted by atomic mass is 10.2. The first-order valence-electron chi connectivity index (χ1n) is 9.16. The molecule has 0 spiro atoms. The topological polar surface area (TPSA) is 95.6 Å². The summed E-state index contributed by atoms with van der Waals surface area (Å²) in [5.41, 5.74) is 0.973. The van der Waals surface area contributed by atoms with Gasteiger partial charge in [-0.15, -0.1) is 11.3 Å². The number of sulfonamides is 1. The van der Waals surface area contributed by atoms with E-state index in [4.69, 9.17) is 0 Å². The third-order valence-electron chi connectivity index (χ3n) is 4.25. The number of carbonyl (C=O) groups is 2. The normalized spacial score (nSPS) is 15.3. The van der Waals surface area contributed by atoms with Crippen molar-refractivity contribution in [1.29, 1.82) is 0 Å². The largest absolute Gasteiger partial charge is 0.350 e. The summed E-state index contributed by atoms with van der Waals surface area (Å²) in [6.07, 6.45) is 0. The lowest BCUT2D eigenvalue weighted by Crippen LogP contribution is -2.38. The first-order chi connectivity index (χ1) is 13.8. The van der Waals surface area contributed by atoms with Gasteiger partial charge in [-0.05, 0) is 49.6 Å². The molecule has 7 nitrogen and oxygen atoms in total. The average molecular weight is 454 g/mol. The van der Waals surface area contributed by atoms with E-state index in [9.17, 15) is 18.0 Å². The van der Waals surface area contributed by atoms with E-state index in [1.54, 1.807) is 41.4 Å². The predicted molar refractivity (Wildman–Crippen MR) is 117 cm³/mol. The molecule has 0 atom stereocenters. The fourth-order valence-electron chi connectivity index (χ4n) is 2.83. The highest BCUT2D eigenvalue weighted by molar-refractivity contribution is 7.99. The van der Waals surface area contributed by atoms with Gasteiger partial charge < -0.3 is 10.6 Å². The van der Waals surface area contributed by atoms with Crippen LogP contribution >= 0.6 is 23.1 Å². The second kappa shape index (κ2) is 9.29. The van der Waals surface area contributed by atoms with E-state index < -0.39 is 15.9 Å². The van der Waals surface area contributed by atoms with Crippen molar-refractivity contribution in [3.8, 4) is 0 Å². The molecule has 0 bridgehead atoms. The first-order valence-corrected chi connectivity index (χ1v) is 12.6. The number of hydrogen-bond acceptors (Lipinski definition) is 6. The van der Waals surface area contributed by atoms with Crippen molar-refractivity contribution in [3.05, 3.63) is 46.2 Å². The van der Waals surface area contributed by atoms with E-state index in [0.29, 0.717) is 24.3 Å². The fourth-order valence-corrected chi connectivity index (χ4v) is 6.70. The molecule has 0 radical (unpaired) electrons. The molecule has 2 aromatic rings. The molecule has 0 aliphatic carbocycles. The van der Waals surface area contributed by atoms with Crippen LogP contribution in [0.1, 0.15) is 33.9 Å². The maximum absolute atomic E-state index is 12.9. The Morgan fingerprint density at radius 2 is 1.69 bits per heavy atom. The molecule has 1 aromatic carbocycles. The van der Waals surface area contributed by atoms with E-state index in [1.165, 1.54) is 10.4 Å². The highest BCUT2D eigenvalue weighted by Crippen LogP contribution is 2.28. The number of rotatable bonds is 6. The Balaban J connectivity index is 1.74. The number of thiophene rings is 1. The molecule has 1 aliphatic heterocycles. The fraction of sp³-hybridized carbons (Fsp3) is 0.368. The molecule has 2 N–H and O–H groups in total. The maximum atomic E-state index is 12.9. The number of benzene rings is 1. The Hall–Kier alpha value is -1.88. The van der Waals surface area contributed by atoms with E-state index in [2.05, 4.69) is 10.6 Å². The minimum absolute atomic E-state index is 0.0274. The molecule has 1 aromatic heterocycles. The van der Waals surface area contributed by atoms with Crippen molar-refractivity contribution in [2.45, 2.75) is 24.8 Å². The number of thioether (sulfide) groups is 1. The molecular weight excluding hydrogens is 430 g/mol. The lowest BCUT2D eigenvalue weighted by molar-refractivity contribution is 0.0942. The van der Waals surface area contributed by atoms with E-state index in [1.807, 2.05) is 13.8 Å². The Morgan fingerprint density at radius 1 is 1.03 bits per heavy atom. The lowest BCUT2D eigenvalue weighted by Gasteiger charge is -2.25. The summed E-state index contributed by atoms with van der Waals surface area (Å²) in [7, 11) is -3.70. The summed E-state index contributed by atoms with van der Waals surface area (Å²) in [5, 5.41) is 7.13. The van der Waals surface area contributed by atoms with Gasteiger partial charge in [-0.1, -0.05) is 0 Å². The second-order valence-electron chi connectivity index (χ2n) is 6.79. The van der Waals surface area contributed by atoms with Crippen LogP contribution in [0.2, 0.25) is 0 Å². The van der Waals surface area contributed by atoms with Gasteiger partial charge in [0.15, 0.2) is 0 Å². The van der Waals surface area contributed by atoms with Crippen LogP contribution in [0.3, 0.4) is 0 Å². The van der Waals surface area contributed by atoms with Crippen molar-refractivity contribution < 1.29 is 18.0 Å². The van der Waals surface area contributed by atoms with Gasteiger partial charge in [-0.2, -0.15) is 16.1 Å².